The summed E-state index contributed by atoms with van der Waals surface area (Å²) >= 11 is 3.97. The lowest BCUT2D eigenvalue weighted by Gasteiger charge is -2.12. The van der Waals surface area contributed by atoms with Crippen LogP contribution in [0.25, 0.3) is 11.1 Å². The van der Waals surface area contributed by atoms with E-state index in [2.05, 4.69) is 0 Å². The fraction of sp³-hybridized carbons (Fsp3) is 0.143. The molecule has 0 aromatic heterocycles. The van der Waals surface area contributed by atoms with E-state index in [0.29, 0.717) is 10.8 Å². The molecule has 0 spiro atoms. The van der Waals surface area contributed by atoms with Gasteiger partial charge < -0.3 is 9.29 Å². The molecule has 0 N–H and O–H groups in total. The van der Waals surface area contributed by atoms with E-state index in [1.165, 1.54) is 0 Å². The van der Waals surface area contributed by atoms with Crippen LogP contribution < -0.4 is 4.74 Å². The van der Waals surface area contributed by atoms with Crippen molar-refractivity contribution in [1.82, 2.24) is 0 Å². The second-order valence-electron chi connectivity index (χ2n) is 3.95. The van der Waals surface area contributed by atoms with Gasteiger partial charge in [-0.15, -0.1) is 0 Å². The van der Waals surface area contributed by atoms with Gasteiger partial charge in [0.05, 0.1) is 12.1 Å². The Labute approximate surface area is 119 Å². The largest absolute Gasteiger partial charge is 0.772 e. The molecule has 0 fully saturated rings. The summed E-state index contributed by atoms with van der Waals surface area (Å²) in [5.41, 5.74) is 2.47. The summed E-state index contributed by atoms with van der Waals surface area (Å²) in [4.78, 5) is 0. The van der Waals surface area contributed by atoms with Crippen molar-refractivity contribution in [3.63, 3.8) is 0 Å². The van der Waals surface area contributed by atoms with Gasteiger partial charge in [-0.3, -0.25) is 4.21 Å². The van der Waals surface area contributed by atoms with E-state index < -0.39 is 11.1 Å². The van der Waals surface area contributed by atoms with E-state index in [0.717, 1.165) is 16.7 Å². The molecule has 100 valence electrons. The molecule has 19 heavy (non-hydrogen) atoms. The maximum absolute atomic E-state index is 10.9. The number of hydrogen-bond donors (Lipinski definition) is 0. The number of halogens is 1. The molecular formula is C14H12ClO3S-. The number of rotatable bonds is 4. The van der Waals surface area contributed by atoms with Gasteiger partial charge in [-0.2, -0.15) is 0 Å². The summed E-state index contributed by atoms with van der Waals surface area (Å²) < 4.78 is 26.8. The van der Waals surface area contributed by atoms with Gasteiger partial charge in [0.15, 0.2) is 0 Å². The third-order valence-corrected chi connectivity index (χ3v) is 3.60. The van der Waals surface area contributed by atoms with Crippen LogP contribution in [0.4, 0.5) is 0 Å². The summed E-state index contributed by atoms with van der Waals surface area (Å²) in [6, 6.07) is 12.7. The molecule has 0 heterocycles. The van der Waals surface area contributed by atoms with Crippen molar-refractivity contribution in [1.29, 1.82) is 0 Å². The molecule has 0 saturated heterocycles. The van der Waals surface area contributed by atoms with Crippen molar-refractivity contribution in [2.24, 2.45) is 0 Å². The van der Waals surface area contributed by atoms with E-state index in [1.807, 2.05) is 24.3 Å². The van der Waals surface area contributed by atoms with Crippen molar-refractivity contribution >= 4 is 22.7 Å². The van der Waals surface area contributed by atoms with E-state index >= 15 is 0 Å². The SMILES string of the molecule is COc1ccc(-c2ccccc2CS(=O)[O-])cc1Cl. The highest BCUT2D eigenvalue weighted by Crippen LogP contribution is 2.32. The van der Waals surface area contributed by atoms with E-state index in [-0.39, 0.29) is 5.75 Å². The fourth-order valence-electron chi connectivity index (χ4n) is 1.89. The summed E-state index contributed by atoms with van der Waals surface area (Å²) in [6.45, 7) is 0. The fourth-order valence-corrected chi connectivity index (χ4v) is 2.65. The normalized spacial score (nSPS) is 12.2. The zero-order valence-electron chi connectivity index (χ0n) is 10.3. The van der Waals surface area contributed by atoms with Gasteiger partial charge >= 0.3 is 0 Å². The van der Waals surface area contributed by atoms with Gasteiger partial charge in [0, 0.05) is 5.75 Å². The monoisotopic (exact) mass is 295 g/mol. The lowest BCUT2D eigenvalue weighted by Crippen LogP contribution is -1.96. The second kappa shape index (κ2) is 6.19. The molecule has 0 aliphatic rings. The first-order valence-electron chi connectivity index (χ1n) is 5.59. The summed E-state index contributed by atoms with van der Waals surface area (Å²) in [5, 5.41) is 0.498. The molecule has 0 aliphatic heterocycles. The lowest BCUT2D eigenvalue weighted by atomic mass is 10.0. The number of benzene rings is 2. The molecule has 2 rings (SSSR count). The van der Waals surface area contributed by atoms with Crippen molar-refractivity contribution in [2.45, 2.75) is 5.75 Å². The Kier molecular flexibility index (Phi) is 4.58. The van der Waals surface area contributed by atoms with Crippen LogP contribution in [0, 0.1) is 0 Å². The molecule has 1 unspecified atom stereocenters. The molecule has 0 radical (unpaired) electrons. The summed E-state index contributed by atoms with van der Waals surface area (Å²) in [5.74, 6) is 0.579. The van der Waals surface area contributed by atoms with Crippen LogP contribution in [0.3, 0.4) is 0 Å². The zero-order valence-corrected chi connectivity index (χ0v) is 11.8. The molecule has 0 saturated carbocycles. The molecule has 3 nitrogen and oxygen atoms in total. The van der Waals surface area contributed by atoms with Gasteiger partial charge in [-0.05, 0) is 28.8 Å². The van der Waals surface area contributed by atoms with Crippen molar-refractivity contribution < 1.29 is 13.5 Å². The molecule has 2 aromatic rings. The third-order valence-electron chi connectivity index (χ3n) is 2.75. The van der Waals surface area contributed by atoms with E-state index in [9.17, 15) is 8.76 Å². The molecule has 5 heteroatoms. The minimum Gasteiger partial charge on any atom is -0.772 e. The highest BCUT2D eigenvalue weighted by Gasteiger charge is 2.07. The first kappa shape index (κ1) is 14.1. The average Bonchev–Trinajstić information content (AvgIpc) is 2.38. The smallest absolute Gasteiger partial charge is 0.137 e. The number of hydrogen-bond acceptors (Lipinski definition) is 3. The maximum atomic E-state index is 10.9. The number of methoxy groups -OCH3 is 1. The highest BCUT2D eigenvalue weighted by molar-refractivity contribution is 7.78. The van der Waals surface area contributed by atoms with Crippen LogP contribution in [0.1, 0.15) is 5.56 Å². The molecule has 0 bridgehead atoms. The minimum absolute atomic E-state index is 0.0141. The lowest BCUT2D eigenvalue weighted by molar-refractivity contribution is 0.415. The van der Waals surface area contributed by atoms with Gasteiger partial charge in [0.2, 0.25) is 0 Å². The Balaban J connectivity index is 2.46. The van der Waals surface area contributed by atoms with Crippen LogP contribution in [0.15, 0.2) is 42.5 Å². The average molecular weight is 296 g/mol. The van der Waals surface area contributed by atoms with Crippen LogP contribution >= 0.6 is 11.6 Å². The predicted octanol–water partition coefficient (Wildman–Crippen LogP) is 3.39. The first-order chi connectivity index (χ1) is 9.11. The van der Waals surface area contributed by atoms with E-state index in [1.54, 1.807) is 25.3 Å². The topological polar surface area (TPSA) is 49.4 Å². The highest BCUT2D eigenvalue weighted by atomic mass is 35.5. The Morgan fingerprint density at radius 2 is 2.00 bits per heavy atom. The Morgan fingerprint density at radius 3 is 2.63 bits per heavy atom. The Hall–Kier alpha value is -1.36. The molecule has 2 aromatic carbocycles. The maximum Gasteiger partial charge on any atom is 0.137 e. The van der Waals surface area contributed by atoms with Crippen molar-refractivity contribution in [3.05, 3.63) is 53.1 Å². The summed E-state index contributed by atoms with van der Waals surface area (Å²) in [7, 11) is 1.55. The van der Waals surface area contributed by atoms with Gasteiger partial charge in [0.1, 0.15) is 5.75 Å². The van der Waals surface area contributed by atoms with Crippen LogP contribution in [0.5, 0.6) is 5.75 Å². The Bertz CT molecular complexity index is 613. The standard InChI is InChI=1S/C14H13ClO3S/c1-18-14-7-6-10(8-13(14)15)12-5-3-2-4-11(12)9-19(16)17/h2-8H,9H2,1H3,(H,16,17)/p-1. The molecular weight excluding hydrogens is 284 g/mol. The van der Waals surface area contributed by atoms with Crippen LogP contribution in [0.2, 0.25) is 5.02 Å². The van der Waals surface area contributed by atoms with Crippen LogP contribution in [-0.4, -0.2) is 15.9 Å². The van der Waals surface area contributed by atoms with Crippen molar-refractivity contribution in [2.75, 3.05) is 7.11 Å². The quantitative estimate of drug-likeness (QED) is 0.812. The molecule has 1 atom stereocenters. The van der Waals surface area contributed by atoms with Crippen molar-refractivity contribution in [3.8, 4) is 16.9 Å². The van der Waals surface area contributed by atoms with Gasteiger partial charge in [-0.25, -0.2) is 0 Å². The number of ether oxygens (including phenoxy) is 1. The third kappa shape index (κ3) is 3.35. The Morgan fingerprint density at radius 1 is 1.26 bits per heavy atom. The van der Waals surface area contributed by atoms with Gasteiger partial charge in [-0.1, -0.05) is 53.0 Å². The summed E-state index contributed by atoms with van der Waals surface area (Å²) in [6.07, 6.45) is 0. The molecule has 0 aliphatic carbocycles. The minimum atomic E-state index is -2.12. The molecule has 0 amide bonds. The van der Waals surface area contributed by atoms with Gasteiger partial charge in [0.25, 0.3) is 0 Å². The zero-order chi connectivity index (χ0) is 13.8. The van der Waals surface area contributed by atoms with E-state index in [4.69, 9.17) is 16.3 Å². The van der Waals surface area contributed by atoms with Crippen LogP contribution in [-0.2, 0) is 16.8 Å². The first-order valence-corrected chi connectivity index (χ1v) is 7.21. The predicted molar refractivity (Wildman–Crippen MR) is 76.1 cm³/mol. The second-order valence-corrected chi connectivity index (χ2v) is 5.26.